The second-order valence-corrected chi connectivity index (χ2v) is 7.48. The third-order valence-corrected chi connectivity index (χ3v) is 4.06. The Kier molecular flexibility index (Phi) is 4.09. The van der Waals surface area contributed by atoms with E-state index in [9.17, 15) is 9.59 Å². The molecule has 2 aliphatic heterocycles. The molecule has 0 aromatic carbocycles. The summed E-state index contributed by atoms with van der Waals surface area (Å²) in [6.45, 7) is 9.58. The van der Waals surface area contributed by atoms with E-state index in [-0.39, 0.29) is 35.5 Å². The predicted molar refractivity (Wildman–Crippen MR) is 78.3 cm³/mol. The van der Waals surface area contributed by atoms with E-state index < -0.39 is 0 Å². The van der Waals surface area contributed by atoms with Crippen molar-refractivity contribution in [3.05, 3.63) is 0 Å². The first-order valence-electron chi connectivity index (χ1n) is 7.53. The van der Waals surface area contributed by atoms with Crippen molar-refractivity contribution in [2.24, 2.45) is 0 Å². The highest BCUT2D eigenvalue weighted by molar-refractivity contribution is 5.85. The molecule has 0 saturated carbocycles. The van der Waals surface area contributed by atoms with Crippen molar-refractivity contribution in [2.45, 2.75) is 70.5 Å². The van der Waals surface area contributed by atoms with Crippen LogP contribution in [0.15, 0.2) is 0 Å². The van der Waals surface area contributed by atoms with E-state index in [1.807, 2.05) is 0 Å². The Morgan fingerprint density at radius 1 is 1.30 bits per heavy atom. The van der Waals surface area contributed by atoms with E-state index in [0.717, 1.165) is 25.8 Å². The number of hydrogen-bond acceptors (Lipinski definition) is 3. The normalized spacial score (nSPS) is 25.8. The Morgan fingerprint density at radius 2 is 1.90 bits per heavy atom. The first-order chi connectivity index (χ1) is 9.17. The van der Waals surface area contributed by atoms with E-state index in [4.69, 9.17) is 0 Å². The summed E-state index contributed by atoms with van der Waals surface area (Å²) in [7, 11) is 0. The summed E-state index contributed by atoms with van der Waals surface area (Å²) in [4.78, 5) is 25.3. The van der Waals surface area contributed by atoms with Gasteiger partial charge in [-0.15, -0.1) is 0 Å². The lowest BCUT2D eigenvalue weighted by Crippen LogP contribution is -2.62. The van der Waals surface area contributed by atoms with Crippen LogP contribution in [0.25, 0.3) is 0 Å². The standard InChI is InChI=1S/C15H27N3O2/c1-14(2)8-11(9-15(3,4)17-14)16-12(19)10-18-7-5-6-13(18)20/h11,17H,5-10H2,1-4H3,(H,16,19). The predicted octanol–water partition coefficient (Wildman–Crippen LogP) is 1.03. The number of likely N-dealkylation sites (tertiary alicyclic amines) is 1. The van der Waals surface area contributed by atoms with Crippen LogP contribution >= 0.6 is 0 Å². The quantitative estimate of drug-likeness (QED) is 0.812. The lowest BCUT2D eigenvalue weighted by atomic mass is 9.79. The molecule has 2 rings (SSSR count). The maximum Gasteiger partial charge on any atom is 0.239 e. The van der Waals surface area contributed by atoms with Gasteiger partial charge in [0.15, 0.2) is 0 Å². The van der Waals surface area contributed by atoms with E-state index in [0.29, 0.717) is 6.42 Å². The van der Waals surface area contributed by atoms with Crippen molar-refractivity contribution in [1.29, 1.82) is 0 Å². The van der Waals surface area contributed by atoms with E-state index >= 15 is 0 Å². The molecule has 5 heteroatoms. The van der Waals surface area contributed by atoms with Crippen molar-refractivity contribution in [3.8, 4) is 0 Å². The second-order valence-electron chi connectivity index (χ2n) is 7.48. The Hall–Kier alpha value is -1.10. The molecule has 0 aliphatic carbocycles. The first-order valence-corrected chi connectivity index (χ1v) is 7.53. The molecule has 0 aromatic heterocycles. The minimum absolute atomic E-state index is 0.0170. The molecule has 114 valence electrons. The van der Waals surface area contributed by atoms with Gasteiger partial charge in [-0.1, -0.05) is 0 Å². The van der Waals surface area contributed by atoms with Gasteiger partial charge in [-0.25, -0.2) is 0 Å². The molecule has 2 fully saturated rings. The molecular weight excluding hydrogens is 254 g/mol. The zero-order chi connectivity index (χ0) is 15.0. The van der Waals surface area contributed by atoms with Gasteiger partial charge in [-0.3, -0.25) is 9.59 Å². The third-order valence-electron chi connectivity index (χ3n) is 4.06. The van der Waals surface area contributed by atoms with Crippen molar-refractivity contribution >= 4 is 11.8 Å². The smallest absolute Gasteiger partial charge is 0.239 e. The third kappa shape index (κ3) is 3.95. The Balaban J connectivity index is 1.88. The molecule has 2 N–H and O–H groups in total. The monoisotopic (exact) mass is 281 g/mol. The number of rotatable bonds is 3. The van der Waals surface area contributed by atoms with Crippen molar-refractivity contribution in [3.63, 3.8) is 0 Å². The SMILES string of the molecule is CC1(C)CC(NC(=O)CN2CCCC2=O)CC(C)(C)N1. The van der Waals surface area contributed by atoms with Crippen molar-refractivity contribution < 1.29 is 9.59 Å². The molecule has 0 atom stereocenters. The van der Waals surface area contributed by atoms with Gasteiger partial charge in [0.2, 0.25) is 11.8 Å². The highest BCUT2D eigenvalue weighted by Gasteiger charge is 2.38. The van der Waals surface area contributed by atoms with Crippen LogP contribution in [-0.2, 0) is 9.59 Å². The van der Waals surface area contributed by atoms with Gasteiger partial charge >= 0.3 is 0 Å². The summed E-state index contributed by atoms with van der Waals surface area (Å²) < 4.78 is 0. The van der Waals surface area contributed by atoms with Crippen LogP contribution < -0.4 is 10.6 Å². The summed E-state index contributed by atoms with van der Waals surface area (Å²) in [5.74, 6) is 0.0740. The van der Waals surface area contributed by atoms with Crippen LogP contribution in [0, 0.1) is 0 Å². The van der Waals surface area contributed by atoms with Gasteiger partial charge in [0.25, 0.3) is 0 Å². The van der Waals surface area contributed by atoms with E-state index in [2.05, 4.69) is 38.3 Å². The number of hydrogen-bond donors (Lipinski definition) is 2. The van der Waals surface area contributed by atoms with Gasteiger partial charge in [0, 0.05) is 30.1 Å². The average Bonchev–Trinajstić information content (AvgIpc) is 2.58. The summed E-state index contributed by atoms with van der Waals surface area (Å²) in [6.07, 6.45) is 3.28. The summed E-state index contributed by atoms with van der Waals surface area (Å²) in [6, 6.07) is 0.173. The van der Waals surface area contributed by atoms with Crippen LogP contribution in [0.1, 0.15) is 53.4 Å². The van der Waals surface area contributed by atoms with Gasteiger partial charge in [-0.2, -0.15) is 0 Å². The fourth-order valence-corrected chi connectivity index (χ4v) is 3.74. The molecule has 2 amide bonds. The lowest BCUT2D eigenvalue weighted by molar-refractivity contribution is -0.133. The Labute approximate surface area is 121 Å². The minimum atomic E-state index is -0.0289. The van der Waals surface area contributed by atoms with Crippen LogP contribution in [0.3, 0.4) is 0 Å². The number of carbonyl (C=O) groups excluding carboxylic acids is 2. The summed E-state index contributed by atoms with van der Waals surface area (Å²) in [5, 5.41) is 6.70. The molecule has 0 bridgehead atoms. The highest BCUT2D eigenvalue weighted by Crippen LogP contribution is 2.28. The summed E-state index contributed by atoms with van der Waals surface area (Å²) >= 11 is 0. The largest absolute Gasteiger partial charge is 0.352 e. The molecule has 0 radical (unpaired) electrons. The number of amides is 2. The van der Waals surface area contributed by atoms with Crippen molar-refractivity contribution in [1.82, 2.24) is 15.5 Å². The molecule has 2 aliphatic rings. The van der Waals surface area contributed by atoms with Gasteiger partial charge in [0.1, 0.15) is 0 Å². The molecule has 0 aromatic rings. The lowest BCUT2D eigenvalue weighted by Gasteiger charge is -2.46. The molecule has 5 nitrogen and oxygen atoms in total. The highest BCUT2D eigenvalue weighted by atomic mass is 16.2. The zero-order valence-electron chi connectivity index (χ0n) is 13.1. The molecular formula is C15H27N3O2. The van der Waals surface area contributed by atoms with Gasteiger partial charge in [0.05, 0.1) is 6.54 Å². The maximum absolute atomic E-state index is 12.1. The van der Waals surface area contributed by atoms with Crippen LogP contribution in [-0.4, -0.2) is 46.9 Å². The Bertz CT molecular complexity index is 388. The minimum Gasteiger partial charge on any atom is -0.352 e. The van der Waals surface area contributed by atoms with Crippen molar-refractivity contribution in [2.75, 3.05) is 13.1 Å². The molecule has 20 heavy (non-hydrogen) atoms. The topological polar surface area (TPSA) is 61.4 Å². The van der Waals surface area contributed by atoms with Crippen LogP contribution in [0.4, 0.5) is 0 Å². The number of piperidine rings is 1. The fraction of sp³-hybridized carbons (Fsp3) is 0.867. The fourth-order valence-electron chi connectivity index (χ4n) is 3.74. The van der Waals surface area contributed by atoms with E-state index in [1.165, 1.54) is 0 Å². The van der Waals surface area contributed by atoms with Gasteiger partial charge < -0.3 is 15.5 Å². The van der Waals surface area contributed by atoms with Crippen LogP contribution in [0.2, 0.25) is 0 Å². The maximum atomic E-state index is 12.1. The Morgan fingerprint density at radius 3 is 2.40 bits per heavy atom. The molecule has 2 heterocycles. The molecule has 0 unspecified atom stereocenters. The van der Waals surface area contributed by atoms with Gasteiger partial charge in [-0.05, 0) is 47.0 Å². The van der Waals surface area contributed by atoms with Crippen LogP contribution in [0.5, 0.6) is 0 Å². The molecule has 0 spiro atoms. The summed E-state index contributed by atoms with van der Waals surface area (Å²) in [5.41, 5.74) is 0.0340. The first kappa shape index (κ1) is 15.3. The molecule has 2 saturated heterocycles. The van der Waals surface area contributed by atoms with E-state index in [1.54, 1.807) is 4.90 Å². The number of nitrogens with zero attached hydrogens (tertiary/aromatic N) is 1. The second kappa shape index (κ2) is 5.35. The zero-order valence-corrected chi connectivity index (χ0v) is 13.1. The average molecular weight is 281 g/mol. The number of carbonyl (C=O) groups is 2. The number of nitrogens with one attached hydrogen (secondary N) is 2.